The van der Waals surface area contributed by atoms with E-state index in [4.69, 9.17) is 16.7 Å². The van der Waals surface area contributed by atoms with Gasteiger partial charge in [-0.2, -0.15) is 0 Å². The first-order chi connectivity index (χ1) is 9.06. The topological polar surface area (TPSA) is 75.1 Å². The zero-order valence-corrected chi connectivity index (χ0v) is 11.0. The molecule has 1 aromatic heterocycles. The molecule has 0 saturated heterocycles. The average molecular weight is 278 g/mol. The van der Waals surface area contributed by atoms with Crippen LogP contribution in [-0.2, 0) is 6.54 Å². The molecule has 5 nitrogen and oxygen atoms in total. The Balaban J connectivity index is 2.26. The van der Waals surface area contributed by atoms with Crippen molar-refractivity contribution in [3.63, 3.8) is 0 Å². The summed E-state index contributed by atoms with van der Waals surface area (Å²) >= 11 is 5.82. The number of nitrogens with one attached hydrogen (secondary N) is 1. The lowest BCUT2D eigenvalue weighted by Crippen LogP contribution is -2.20. The summed E-state index contributed by atoms with van der Waals surface area (Å²) in [6, 6.07) is 7.38. The highest BCUT2D eigenvalue weighted by Gasteiger charge is 2.05. The maximum atomic E-state index is 10.5. The van der Waals surface area contributed by atoms with E-state index in [1.165, 1.54) is 6.33 Å². The van der Waals surface area contributed by atoms with E-state index in [2.05, 4.69) is 15.3 Å². The van der Waals surface area contributed by atoms with Gasteiger partial charge in [0, 0.05) is 18.2 Å². The number of halogens is 1. The zero-order chi connectivity index (χ0) is 13.8. The molecule has 0 saturated carbocycles. The van der Waals surface area contributed by atoms with E-state index in [1.54, 1.807) is 6.07 Å². The maximum Gasteiger partial charge on any atom is 0.404 e. The molecule has 0 fully saturated rings. The summed E-state index contributed by atoms with van der Waals surface area (Å²) in [5, 5.41) is 11.3. The standard InChI is InChI=1S/C13H12ClN3O2/c1-8-4-9(11-5-12(14)17-7-16-11)2-3-10(8)6-15-13(18)19/h2-5,7,15H,6H2,1H3,(H,18,19). The smallest absolute Gasteiger partial charge is 0.404 e. The van der Waals surface area contributed by atoms with Gasteiger partial charge < -0.3 is 10.4 Å². The third kappa shape index (κ3) is 3.42. The van der Waals surface area contributed by atoms with Gasteiger partial charge in [-0.25, -0.2) is 14.8 Å². The molecule has 1 heterocycles. The highest BCUT2D eigenvalue weighted by molar-refractivity contribution is 6.29. The molecule has 0 aliphatic carbocycles. The summed E-state index contributed by atoms with van der Waals surface area (Å²) < 4.78 is 0. The highest BCUT2D eigenvalue weighted by atomic mass is 35.5. The molecule has 0 spiro atoms. The fourth-order valence-corrected chi connectivity index (χ4v) is 1.86. The van der Waals surface area contributed by atoms with E-state index >= 15 is 0 Å². The van der Waals surface area contributed by atoms with Gasteiger partial charge in [-0.3, -0.25) is 0 Å². The second kappa shape index (κ2) is 5.67. The molecule has 0 aliphatic rings. The Labute approximate surface area is 115 Å². The van der Waals surface area contributed by atoms with Gasteiger partial charge in [0.2, 0.25) is 0 Å². The second-order valence-electron chi connectivity index (χ2n) is 4.03. The quantitative estimate of drug-likeness (QED) is 0.846. The predicted molar refractivity (Wildman–Crippen MR) is 72.1 cm³/mol. The highest BCUT2D eigenvalue weighted by Crippen LogP contribution is 2.21. The minimum Gasteiger partial charge on any atom is -0.465 e. The number of aryl methyl sites for hydroxylation is 1. The molecule has 1 amide bonds. The van der Waals surface area contributed by atoms with Gasteiger partial charge >= 0.3 is 6.09 Å². The molecule has 2 aromatic rings. The summed E-state index contributed by atoms with van der Waals surface area (Å²) in [6.07, 6.45) is 0.374. The third-order valence-corrected chi connectivity index (χ3v) is 2.91. The number of hydrogen-bond donors (Lipinski definition) is 2. The lowest BCUT2D eigenvalue weighted by Gasteiger charge is -2.08. The van der Waals surface area contributed by atoms with Crippen LogP contribution in [0.2, 0.25) is 5.15 Å². The summed E-state index contributed by atoms with van der Waals surface area (Å²) in [5.41, 5.74) is 3.56. The second-order valence-corrected chi connectivity index (χ2v) is 4.41. The molecular formula is C13H12ClN3O2. The van der Waals surface area contributed by atoms with Crippen molar-refractivity contribution in [1.82, 2.24) is 15.3 Å². The van der Waals surface area contributed by atoms with Crippen LogP contribution in [-0.4, -0.2) is 21.2 Å². The van der Waals surface area contributed by atoms with Crippen LogP contribution >= 0.6 is 11.6 Å². The van der Waals surface area contributed by atoms with Crippen molar-refractivity contribution in [2.24, 2.45) is 0 Å². The molecule has 1 aromatic carbocycles. The lowest BCUT2D eigenvalue weighted by molar-refractivity contribution is 0.194. The molecule has 0 unspecified atom stereocenters. The van der Waals surface area contributed by atoms with Crippen LogP contribution in [0, 0.1) is 6.92 Å². The van der Waals surface area contributed by atoms with Gasteiger partial charge in [-0.15, -0.1) is 0 Å². The molecule has 19 heavy (non-hydrogen) atoms. The molecule has 0 radical (unpaired) electrons. The van der Waals surface area contributed by atoms with Gasteiger partial charge in [0.25, 0.3) is 0 Å². The fourth-order valence-electron chi connectivity index (χ4n) is 1.72. The van der Waals surface area contributed by atoms with Crippen LogP contribution < -0.4 is 5.32 Å². The third-order valence-electron chi connectivity index (χ3n) is 2.70. The number of aromatic nitrogens is 2. The first-order valence-electron chi connectivity index (χ1n) is 5.60. The van der Waals surface area contributed by atoms with Gasteiger partial charge in [0.05, 0.1) is 5.69 Å². The van der Waals surface area contributed by atoms with E-state index in [-0.39, 0.29) is 6.54 Å². The summed E-state index contributed by atoms with van der Waals surface area (Å²) in [7, 11) is 0. The molecular weight excluding hydrogens is 266 g/mol. The van der Waals surface area contributed by atoms with Crippen molar-refractivity contribution in [1.29, 1.82) is 0 Å². The van der Waals surface area contributed by atoms with Gasteiger partial charge in [0.15, 0.2) is 0 Å². The molecule has 2 rings (SSSR count). The molecule has 98 valence electrons. The molecule has 0 bridgehead atoms. The Kier molecular flexibility index (Phi) is 3.97. The number of benzene rings is 1. The number of hydrogen-bond acceptors (Lipinski definition) is 3. The first kappa shape index (κ1) is 13.3. The largest absolute Gasteiger partial charge is 0.465 e. The van der Waals surface area contributed by atoms with Crippen molar-refractivity contribution in [3.8, 4) is 11.3 Å². The van der Waals surface area contributed by atoms with Crippen LogP contribution in [0.3, 0.4) is 0 Å². The fraction of sp³-hybridized carbons (Fsp3) is 0.154. The van der Waals surface area contributed by atoms with Gasteiger partial charge in [-0.1, -0.05) is 23.7 Å². The number of carboxylic acid groups (broad SMARTS) is 1. The lowest BCUT2D eigenvalue weighted by atomic mass is 10.0. The number of nitrogens with zero attached hydrogens (tertiary/aromatic N) is 2. The summed E-state index contributed by atoms with van der Waals surface area (Å²) in [4.78, 5) is 18.4. The van der Waals surface area contributed by atoms with Crippen LogP contribution in [0.25, 0.3) is 11.3 Å². The number of rotatable bonds is 3. The minimum absolute atomic E-state index is 0.284. The van der Waals surface area contributed by atoms with E-state index < -0.39 is 6.09 Å². The van der Waals surface area contributed by atoms with Crippen molar-refractivity contribution in [2.75, 3.05) is 0 Å². The number of amides is 1. The van der Waals surface area contributed by atoms with Crippen LogP contribution in [0.5, 0.6) is 0 Å². The first-order valence-corrected chi connectivity index (χ1v) is 5.98. The van der Waals surface area contributed by atoms with Crippen LogP contribution in [0.1, 0.15) is 11.1 Å². The predicted octanol–water partition coefficient (Wildman–Crippen LogP) is 2.87. The van der Waals surface area contributed by atoms with Crippen LogP contribution in [0.4, 0.5) is 4.79 Å². The number of carbonyl (C=O) groups is 1. The van der Waals surface area contributed by atoms with E-state index in [9.17, 15) is 4.79 Å². The SMILES string of the molecule is Cc1cc(-c2cc(Cl)ncn2)ccc1CNC(=O)O. The van der Waals surface area contributed by atoms with E-state index in [1.807, 2.05) is 25.1 Å². The summed E-state index contributed by atoms with van der Waals surface area (Å²) in [5.74, 6) is 0. The van der Waals surface area contributed by atoms with Gasteiger partial charge in [0.1, 0.15) is 11.5 Å². The minimum atomic E-state index is -1.04. The van der Waals surface area contributed by atoms with Crippen molar-refractivity contribution in [3.05, 3.63) is 46.9 Å². The van der Waals surface area contributed by atoms with E-state index in [0.717, 1.165) is 22.4 Å². The molecule has 2 N–H and O–H groups in total. The molecule has 6 heteroatoms. The van der Waals surface area contributed by atoms with E-state index in [0.29, 0.717) is 5.15 Å². The Morgan fingerprint density at radius 1 is 1.37 bits per heavy atom. The Morgan fingerprint density at radius 2 is 2.16 bits per heavy atom. The maximum absolute atomic E-state index is 10.5. The van der Waals surface area contributed by atoms with Crippen molar-refractivity contribution >= 4 is 17.7 Å². The zero-order valence-electron chi connectivity index (χ0n) is 10.2. The van der Waals surface area contributed by atoms with Gasteiger partial charge in [-0.05, 0) is 24.1 Å². The summed E-state index contributed by atoms with van der Waals surface area (Å²) in [6.45, 7) is 2.21. The van der Waals surface area contributed by atoms with Crippen molar-refractivity contribution in [2.45, 2.75) is 13.5 Å². The van der Waals surface area contributed by atoms with Crippen LogP contribution in [0.15, 0.2) is 30.6 Å². The molecule has 0 atom stereocenters. The van der Waals surface area contributed by atoms with Crippen molar-refractivity contribution < 1.29 is 9.90 Å². The average Bonchev–Trinajstić information content (AvgIpc) is 2.37. The normalized spacial score (nSPS) is 10.2. The molecule has 0 aliphatic heterocycles. The Morgan fingerprint density at radius 3 is 2.79 bits per heavy atom. The Hall–Kier alpha value is -2.14. The monoisotopic (exact) mass is 277 g/mol. The Bertz CT molecular complexity index is 617.